The number of fused-ring (bicyclic) bond motifs is 3. The van der Waals surface area contributed by atoms with Gasteiger partial charge in [0.25, 0.3) is 0 Å². The number of hydrogen-bond acceptors (Lipinski definition) is 2. The molecule has 126 valence electrons. The third kappa shape index (κ3) is 3.13. The molecule has 1 aromatic rings. The minimum Gasteiger partial charge on any atom is -0.507 e. The molecule has 23 heavy (non-hydrogen) atoms. The first-order valence-corrected chi connectivity index (χ1v) is 6.88. The van der Waals surface area contributed by atoms with Crippen molar-refractivity contribution < 1.29 is 40.0 Å². The van der Waals surface area contributed by atoms with Crippen LogP contribution in [0.3, 0.4) is 0 Å². The number of benzene rings is 1. The Morgan fingerprint density at radius 3 is 3.22 bits per heavy atom. The largest absolute Gasteiger partial charge is 0.507 e. The van der Waals surface area contributed by atoms with Gasteiger partial charge in [0, 0.05) is 46.2 Å². The molecule has 1 N–H and O–H groups in total. The number of hydrogen-bond donors (Lipinski definition) is 1. The SMILES string of the molecule is [2H]c1c(C([2H])([2H])C([2H])([2H])C([2H])([2H])C([2H])([2H])C([2H])([2H])[2H])cc2c(c1O)[C@]1([2H])C=C(C([2H])([2H])[2H])CC[C@H]1C(C([2H])([2H])[2H])(C([2H])([2H])[2H])O2. The lowest BCUT2D eigenvalue weighted by molar-refractivity contribution is 0.0107. The van der Waals surface area contributed by atoms with Crippen LogP contribution in [0.2, 0.25) is 0 Å². The van der Waals surface area contributed by atoms with E-state index in [2.05, 4.69) is 0 Å². The molecule has 1 heterocycles. The molecule has 1 aliphatic heterocycles. The van der Waals surface area contributed by atoms with Gasteiger partial charge >= 0.3 is 0 Å². The summed E-state index contributed by atoms with van der Waals surface area (Å²) >= 11 is 0. The lowest BCUT2D eigenvalue weighted by atomic mass is 9.68. The van der Waals surface area contributed by atoms with Crippen LogP contribution >= 0.6 is 0 Å². The molecule has 0 saturated heterocycles. The van der Waals surface area contributed by atoms with E-state index in [0.717, 1.165) is 6.08 Å². The maximum absolute atomic E-state index is 11.2. The maximum Gasteiger partial charge on any atom is 0.127 e. The van der Waals surface area contributed by atoms with Crippen molar-refractivity contribution >= 4 is 0 Å². The number of aryl methyl sites for hydroxylation is 1. The van der Waals surface area contributed by atoms with Crippen LogP contribution in [0.15, 0.2) is 23.8 Å². The van der Waals surface area contributed by atoms with Gasteiger partial charge < -0.3 is 9.84 Å². The Bertz CT molecular complexity index is 1360. The Morgan fingerprint density at radius 1 is 1.52 bits per heavy atom. The Morgan fingerprint density at radius 2 is 2.43 bits per heavy atom. The van der Waals surface area contributed by atoms with Crippen LogP contribution in [-0.4, -0.2) is 10.7 Å². The zero-order valence-electron chi connectivity index (χ0n) is 34.0. The lowest BCUT2D eigenvalue weighted by Gasteiger charge is -2.46. The number of phenolic OH excluding ortho intramolecular Hbond substituents is 1. The van der Waals surface area contributed by atoms with Gasteiger partial charge in [0.1, 0.15) is 17.1 Å². The van der Waals surface area contributed by atoms with Crippen LogP contribution in [-0.2, 0) is 6.37 Å². The Balaban J connectivity index is 2.49. The summed E-state index contributed by atoms with van der Waals surface area (Å²) in [5.41, 5.74) is -5.88. The highest BCUT2D eigenvalue weighted by Gasteiger charge is 2.45. The van der Waals surface area contributed by atoms with Crippen molar-refractivity contribution in [1.82, 2.24) is 0 Å². The van der Waals surface area contributed by atoms with Gasteiger partial charge in [0.2, 0.25) is 0 Å². The van der Waals surface area contributed by atoms with Crippen LogP contribution in [0.4, 0.5) is 0 Å². The summed E-state index contributed by atoms with van der Waals surface area (Å²) in [4.78, 5) is 0. The normalized spacial score (nSPS) is 47.1. The highest BCUT2D eigenvalue weighted by Crippen LogP contribution is 2.53. The van der Waals surface area contributed by atoms with Gasteiger partial charge in [0.15, 0.2) is 0 Å². The van der Waals surface area contributed by atoms with Crippen molar-refractivity contribution in [2.24, 2.45) is 5.92 Å². The molecule has 0 saturated carbocycles. The highest BCUT2D eigenvalue weighted by atomic mass is 16.5. The van der Waals surface area contributed by atoms with Crippen LogP contribution < -0.4 is 4.74 Å². The molecule has 2 heteroatoms. The third-order valence-corrected chi connectivity index (χ3v) is 3.79. The Labute approximate surface area is 171 Å². The number of phenols is 1. The molecular formula is C21H30O2. The molecule has 0 spiro atoms. The summed E-state index contributed by atoms with van der Waals surface area (Å²) < 4.78 is 184. The average Bonchev–Trinajstić information content (AvgIpc) is 2.81. The van der Waals surface area contributed by atoms with E-state index >= 15 is 0 Å². The second kappa shape index (κ2) is 6.22. The Hall–Kier alpha value is -1.44. The summed E-state index contributed by atoms with van der Waals surface area (Å²) in [7, 11) is 0. The third-order valence-electron chi connectivity index (χ3n) is 3.79. The van der Waals surface area contributed by atoms with E-state index in [-0.39, 0.29) is 0 Å². The predicted octanol–water partition coefficient (Wildman–Crippen LogP) is 5.74. The summed E-state index contributed by atoms with van der Waals surface area (Å²) in [5, 5.41) is 11.2. The molecule has 2 nitrogen and oxygen atoms in total. The minimum absolute atomic E-state index is 0.367. The van der Waals surface area contributed by atoms with Crippen molar-refractivity contribution in [2.75, 3.05) is 0 Å². The van der Waals surface area contributed by atoms with E-state index in [4.69, 9.17) is 33.5 Å². The van der Waals surface area contributed by atoms with Crippen molar-refractivity contribution in [3.05, 3.63) is 34.9 Å². The average molecular weight is 337 g/mol. The first-order chi connectivity index (χ1) is 19.6. The van der Waals surface area contributed by atoms with Gasteiger partial charge in [-0.2, -0.15) is 0 Å². The number of rotatable bonds is 4. The molecule has 2 atom stereocenters. The van der Waals surface area contributed by atoms with E-state index in [9.17, 15) is 6.48 Å². The van der Waals surface area contributed by atoms with Gasteiger partial charge in [-0.15, -0.1) is 0 Å². The first kappa shape index (κ1) is 4.39. The van der Waals surface area contributed by atoms with Crippen molar-refractivity contribution in [3.8, 4) is 11.5 Å². The van der Waals surface area contributed by atoms with Crippen molar-refractivity contribution in [2.45, 2.75) is 77.2 Å². The van der Waals surface area contributed by atoms with Gasteiger partial charge in [-0.25, -0.2) is 0 Å². The molecule has 0 amide bonds. The predicted molar refractivity (Wildman–Crippen MR) is 95.3 cm³/mol. The topological polar surface area (TPSA) is 29.5 Å². The summed E-state index contributed by atoms with van der Waals surface area (Å²) in [6.07, 6.45) is -16.6. The molecule has 3 rings (SSSR count). The fourth-order valence-electron chi connectivity index (χ4n) is 2.83. The number of aromatic hydroxyl groups is 1. The summed E-state index contributed by atoms with van der Waals surface area (Å²) in [6, 6.07) is -0.974. The summed E-state index contributed by atoms with van der Waals surface area (Å²) in [6.45, 7) is -13.9. The molecule has 2 aliphatic rings. The molecule has 0 fully saturated rings. The minimum atomic E-state index is -4.18. The van der Waals surface area contributed by atoms with Crippen LogP contribution in [0, 0.1) is 5.92 Å². The van der Waals surface area contributed by atoms with Gasteiger partial charge in [0.05, 0.1) is 1.37 Å². The first-order valence-electron chi connectivity index (χ1n) is 17.9. The Kier molecular flexibility index (Phi) is 1.19. The quantitative estimate of drug-likeness (QED) is 0.711. The van der Waals surface area contributed by atoms with Crippen LogP contribution in [0.25, 0.3) is 0 Å². The molecule has 0 unspecified atom stereocenters. The van der Waals surface area contributed by atoms with E-state index in [1.54, 1.807) is 0 Å². The maximum atomic E-state index is 11.2. The molecule has 0 aromatic heterocycles. The van der Waals surface area contributed by atoms with Gasteiger partial charge in [-0.3, -0.25) is 0 Å². The monoisotopic (exact) mass is 336 g/mol. The van der Waals surface area contributed by atoms with E-state index in [1.165, 1.54) is 0 Å². The standard InChI is InChI=1S/C21H30O2/c1-5-6-7-8-15-12-18(22)20-16-11-14(2)9-10-17(16)21(3,4)23-19(20)13-15/h11-13,16-17,22H,5-10H2,1-4H3/t16-,17-/m1/s1/i1D3,2D3,3D3,4D3,5D2,6D2,7D2,8D2,12D,16D. The zero-order chi connectivity index (χ0) is 35.6. The van der Waals surface area contributed by atoms with Crippen molar-refractivity contribution in [3.63, 3.8) is 0 Å². The number of allylic oxidation sites excluding steroid dienone is 2. The molecule has 0 radical (unpaired) electrons. The smallest absolute Gasteiger partial charge is 0.127 e. The van der Waals surface area contributed by atoms with Gasteiger partial charge in [-0.05, 0) is 63.8 Å². The molecule has 1 aromatic carbocycles. The molecular weight excluding hydrogens is 284 g/mol. The number of ether oxygens (including phenoxy) is 1. The fourth-order valence-corrected chi connectivity index (χ4v) is 2.83. The second-order valence-corrected chi connectivity index (χ2v) is 5.32. The van der Waals surface area contributed by atoms with Crippen molar-refractivity contribution in [1.29, 1.82) is 0 Å². The second-order valence-electron chi connectivity index (χ2n) is 5.32. The highest BCUT2D eigenvalue weighted by molar-refractivity contribution is 5.53. The van der Waals surface area contributed by atoms with E-state index in [0.29, 0.717) is 6.07 Å². The van der Waals surface area contributed by atoms with E-state index < -0.39 is 117 Å². The zero-order valence-corrected chi connectivity index (χ0v) is 12.0. The lowest BCUT2D eigenvalue weighted by Crippen LogP contribution is -2.45. The van der Waals surface area contributed by atoms with Crippen LogP contribution in [0.5, 0.6) is 11.5 Å². The fraction of sp³-hybridized carbons (Fsp3) is 0.619. The van der Waals surface area contributed by atoms with Crippen LogP contribution in [0.1, 0.15) is 107 Å². The molecule has 0 bridgehead atoms. The van der Waals surface area contributed by atoms with Gasteiger partial charge in [-0.1, -0.05) is 31.2 Å². The van der Waals surface area contributed by atoms with E-state index in [1.807, 2.05) is 0 Å². The summed E-state index contributed by atoms with van der Waals surface area (Å²) in [5.74, 6) is -7.10. The molecule has 1 aliphatic carbocycles.